The van der Waals surface area contributed by atoms with Crippen molar-refractivity contribution in [2.75, 3.05) is 26.2 Å². The van der Waals surface area contributed by atoms with Crippen molar-refractivity contribution in [3.63, 3.8) is 0 Å². The summed E-state index contributed by atoms with van der Waals surface area (Å²) < 4.78 is 5.17. The molecule has 5 heteroatoms. The molecular weight excluding hydrogens is 288 g/mol. The minimum Gasteiger partial charge on any atom is -0.459 e. The predicted octanol–water partition coefficient (Wildman–Crippen LogP) is 2.66. The third-order valence-electron chi connectivity index (χ3n) is 3.64. The van der Waals surface area contributed by atoms with Gasteiger partial charge in [0.25, 0.3) is 5.91 Å². The lowest BCUT2D eigenvalue weighted by Crippen LogP contribution is -2.48. The minimum absolute atomic E-state index is 0. The predicted molar refractivity (Wildman–Crippen MR) is 83.6 cm³/mol. The van der Waals surface area contributed by atoms with E-state index < -0.39 is 0 Å². The van der Waals surface area contributed by atoms with Gasteiger partial charge in [0.15, 0.2) is 5.76 Å². The Hall–Kier alpha value is -1.78. The third-order valence-corrected chi connectivity index (χ3v) is 3.64. The molecule has 1 amide bonds. The molecule has 0 radical (unpaired) electrons. The number of hydrogen-bond acceptors (Lipinski definition) is 3. The first-order valence-electron chi connectivity index (χ1n) is 6.92. The Labute approximate surface area is 130 Å². The zero-order valence-electron chi connectivity index (χ0n) is 11.8. The van der Waals surface area contributed by atoms with E-state index in [9.17, 15) is 4.79 Å². The fraction of sp³-hybridized carbons (Fsp3) is 0.312. The summed E-state index contributed by atoms with van der Waals surface area (Å²) in [5, 5.41) is 0. The monoisotopic (exact) mass is 306 g/mol. The first-order valence-corrected chi connectivity index (χ1v) is 6.92. The first-order chi connectivity index (χ1) is 9.83. The normalized spacial score (nSPS) is 15.5. The van der Waals surface area contributed by atoms with E-state index in [-0.39, 0.29) is 18.3 Å². The Kier molecular flexibility index (Phi) is 5.42. The van der Waals surface area contributed by atoms with Crippen molar-refractivity contribution in [3.8, 4) is 0 Å². The number of amides is 1. The van der Waals surface area contributed by atoms with E-state index in [1.165, 1.54) is 5.56 Å². The summed E-state index contributed by atoms with van der Waals surface area (Å²) >= 11 is 0. The van der Waals surface area contributed by atoms with Crippen LogP contribution in [0.25, 0.3) is 0 Å². The lowest BCUT2D eigenvalue weighted by Gasteiger charge is -2.34. The largest absolute Gasteiger partial charge is 0.459 e. The van der Waals surface area contributed by atoms with Crippen molar-refractivity contribution in [1.82, 2.24) is 9.80 Å². The quantitative estimate of drug-likeness (QED) is 0.875. The summed E-state index contributed by atoms with van der Waals surface area (Å²) in [5.74, 6) is 0.427. The maximum absolute atomic E-state index is 12.1. The standard InChI is InChI=1S/C16H18N2O2.ClH/c19-16(15-7-4-12-20-15)18-10-8-17(9-11-18)13-14-5-2-1-3-6-14;/h1-7,12H,8-11,13H2;1H. The minimum atomic E-state index is -0.00522. The van der Waals surface area contributed by atoms with Crippen molar-refractivity contribution in [2.24, 2.45) is 0 Å². The smallest absolute Gasteiger partial charge is 0.289 e. The highest BCUT2D eigenvalue weighted by atomic mass is 35.5. The molecule has 1 aliphatic rings. The van der Waals surface area contributed by atoms with Crippen molar-refractivity contribution >= 4 is 18.3 Å². The van der Waals surface area contributed by atoms with Crippen molar-refractivity contribution in [2.45, 2.75) is 6.54 Å². The first kappa shape index (κ1) is 15.6. The van der Waals surface area contributed by atoms with Crippen LogP contribution in [0.2, 0.25) is 0 Å². The molecule has 1 fully saturated rings. The number of halogens is 1. The summed E-state index contributed by atoms with van der Waals surface area (Å²) in [4.78, 5) is 16.4. The molecule has 0 unspecified atom stereocenters. The van der Waals surface area contributed by atoms with Crippen LogP contribution in [-0.2, 0) is 6.54 Å². The highest BCUT2D eigenvalue weighted by molar-refractivity contribution is 5.91. The molecule has 21 heavy (non-hydrogen) atoms. The molecule has 1 aromatic heterocycles. The van der Waals surface area contributed by atoms with Gasteiger partial charge in [0.2, 0.25) is 0 Å². The van der Waals surface area contributed by atoms with Gasteiger partial charge in [-0.05, 0) is 17.7 Å². The SMILES string of the molecule is Cl.O=C(c1ccco1)N1CCN(Cc2ccccc2)CC1. The number of hydrogen-bond donors (Lipinski definition) is 0. The number of nitrogens with zero attached hydrogens (tertiary/aromatic N) is 2. The molecule has 0 bridgehead atoms. The van der Waals surface area contributed by atoms with Crippen LogP contribution in [-0.4, -0.2) is 41.9 Å². The molecule has 0 aliphatic carbocycles. The Morgan fingerprint density at radius 1 is 1.00 bits per heavy atom. The van der Waals surface area contributed by atoms with E-state index in [2.05, 4.69) is 29.2 Å². The molecule has 112 valence electrons. The summed E-state index contributed by atoms with van der Waals surface area (Å²) in [6, 6.07) is 13.9. The zero-order chi connectivity index (χ0) is 13.8. The van der Waals surface area contributed by atoms with E-state index in [1.807, 2.05) is 11.0 Å². The maximum atomic E-state index is 12.1. The molecule has 1 aromatic carbocycles. The van der Waals surface area contributed by atoms with Crippen LogP contribution < -0.4 is 0 Å². The van der Waals surface area contributed by atoms with Gasteiger partial charge in [-0.3, -0.25) is 9.69 Å². The average molecular weight is 307 g/mol. The summed E-state index contributed by atoms with van der Waals surface area (Å²) in [6.45, 7) is 4.27. The second kappa shape index (κ2) is 7.29. The fourth-order valence-corrected chi connectivity index (χ4v) is 2.51. The number of benzene rings is 1. The van der Waals surface area contributed by atoms with Crippen LogP contribution in [0.4, 0.5) is 0 Å². The second-order valence-corrected chi connectivity index (χ2v) is 5.03. The maximum Gasteiger partial charge on any atom is 0.289 e. The fourth-order valence-electron chi connectivity index (χ4n) is 2.51. The highest BCUT2D eigenvalue weighted by Gasteiger charge is 2.23. The molecule has 2 aromatic rings. The average Bonchev–Trinajstić information content (AvgIpc) is 3.03. The molecule has 0 atom stereocenters. The third kappa shape index (κ3) is 3.86. The Bertz CT molecular complexity index is 549. The molecule has 1 saturated heterocycles. The van der Waals surface area contributed by atoms with Gasteiger partial charge in [-0.25, -0.2) is 0 Å². The van der Waals surface area contributed by atoms with E-state index in [0.29, 0.717) is 5.76 Å². The molecule has 1 aliphatic heterocycles. The number of rotatable bonds is 3. The van der Waals surface area contributed by atoms with E-state index in [0.717, 1.165) is 32.7 Å². The van der Waals surface area contributed by atoms with E-state index in [1.54, 1.807) is 18.4 Å². The number of piperazine rings is 1. The number of carbonyl (C=O) groups excluding carboxylic acids is 1. The van der Waals surface area contributed by atoms with Crippen molar-refractivity contribution in [1.29, 1.82) is 0 Å². The van der Waals surface area contributed by atoms with Crippen LogP contribution in [0.5, 0.6) is 0 Å². The zero-order valence-corrected chi connectivity index (χ0v) is 12.6. The lowest BCUT2D eigenvalue weighted by molar-refractivity contribution is 0.0598. The highest BCUT2D eigenvalue weighted by Crippen LogP contribution is 2.11. The van der Waals surface area contributed by atoms with Crippen LogP contribution in [0, 0.1) is 0 Å². The van der Waals surface area contributed by atoms with Crippen LogP contribution in [0.1, 0.15) is 16.1 Å². The molecule has 3 rings (SSSR count). The molecule has 0 saturated carbocycles. The molecule has 4 nitrogen and oxygen atoms in total. The molecule has 0 spiro atoms. The molecule has 0 N–H and O–H groups in total. The van der Waals surface area contributed by atoms with Gasteiger partial charge in [-0.1, -0.05) is 30.3 Å². The second-order valence-electron chi connectivity index (χ2n) is 5.03. The van der Waals surface area contributed by atoms with Crippen LogP contribution in [0.3, 0.4) is 0 Å². The summed E-state index contributed by atoms with van der Waals surface area (Å²) in [7, 11) is 0. The van der Waals surface area contributed by atoms with Gasteiger partial charge in [0.1, 0.15) is 0 Å². The van der Waals surface area contributed by atoms with Gasteiger partial charge < -0.3 is 9.32 Å². The van der Waals surface area contributed by atoms with Gasteiger partial charge in [-0.15, -0.1) is 12.4 Å². The molecule has 2 heterocycles. The van der Waals surface area contributed by atoms with Gasteiger partial charge in [-0.2, -0.15) is 0 Å². The topological polar surface area (TPSA) is 36.7 Å². The van der Waals surface area contributed by atoms with E-state index in [4.69, 9.17) is 4.42 Å². The number of carbonyl (C=O) groups is 1. The van der Waals surface area contributed by atoms with Gasteiger partial charge in [0.05, 0.1) is 6.26 Å². The van der Waals surface area contributed by atoms with Gasteiger partial charge in [0, 0.05) is 32.7 Å². The Morgan fingerprint density at radius 2 is 1.71 bits per heavy atom. The van der Waals surface area contributed by atoms with Crippen molar-refractivity contribution in [3.05, 3.63) is 60.1 Å². The lowest BCUT2D eigenvalue weighted by atomic mass is 10.2. The van der Waals surface area contributed by atoms with Gasteiger partial charge >= 0.3 is 0 Å². The Morgan fingerprint density at radius 3 is 2.33 bits per heavy atom. The Balaban J connectivity index is 0.00000161. The summed E-state index contributed by atoms with van der Waals surface area (Å²) in [6.07, 6.45) is 1.54. The van der Waals surface area contributed by atoms with Crippen LogP contribution in [0.15, 0.2) is 53.1 Å². The number of furan rings is 1. The summed E-state index contributed by atoms with van der Waals surface area (Å²) in [5.41, 5.74) is 1.32. The van der Waals surface area contributed by atoms with E-state index >= 15 is 0 Å². The van der Waals surface area contributed by atoms with Crippen LogP contribution >= 0.6 is 12.4 Å². The van der Waals surface area contributed by atoms with Crippen molar-refractivity contribution < 1.29 is 9.21 Å². The molecular formula is C16H19ClN2O2.